The number of nitrogens with one attached hydrogen (secondary N) is 1. The number of methoxy groups -OCH3 is 1. The van der Waals surface area contributed by atoms with Crippen molar-refractivity contribution >= 4 is 45.1 Å². The number of aromatic carboxylic acids is 1. The predicted molar refractivity (Wildman–Crippen MR) is 126 cm³/mol. The van der Waals surface area contributed by atoms with Crippen molar-refractivity contribution in [3.05, 3.63) is 41.0 Å². The number of sulfonamides is 1. The molecule has 3 N–H and O–H groups in total. The number of aromatic nitrogens is 1. The lowest BCUT2D eigenvalue weighted by Crippen LogP contribution is -2.27. The molecule has 36 heavy (non-hydrogen) atoms. The molecule has 0 spiro atoms. The van der Waals surface area contributed by atoms with Crippen molar-refractivity contribution in [3.8, 4) is 5.75 Å². The third kappa shape index (κ3) is 8.75. The van der Waals surface area contributed by atoms with Gasteiger partial charge < -0.3 is 19.8 Å². The summed E-state index contributed by atoms with van der Waals surface area (Å²) < 4.78 is 65.4. The lowest BCUT2D eigenvalue weighted by molar-refractivity contribution is -0.192. The van der Waals surface area contributed by atoms with Crippen LogP contribution in [0.2, 0.25) is 5.02 Å². The van der Waals surface area contributed by atoms with Crippen LogP contribution >= 0.6 is 11.6 Å². The summed E-state index contributed by atoms with van der Waals surface area (Å²) in [7, 11) is -2.77. The molecule has 200 valence electrons. The fourth-order valence-corrected chi connectivity index (χ4v) is 4.21. The number of carboxylic acid groups (broad SMARTS) is 2. The third-order valence-corrected chi connectivity index (χ3v) is 6.10. The molecule has 15 heteroatoms. The van der Waals surface area contributed by atoms with Crippen molar-refractivity contribution in [2.24, 2.45) is 0 Å². The summed E-state index contributed by atoms with van der Waals surface area (Å²) in [6, 6.07) is 5.49. The van der Waals surface area contributed by atoms with Crippen LogP contribution < -0.4 is 14.4 Å². The molecule has 0 aliphatic carbocycles. The van der Waals surface area contributed by atoms with E-state index in [0.29, 0.717) is 18.9 Å². The first-order valence-corrected chi connectivity index (χ1v) is 12.2. The Morgan fingerprint density at radius 2 is 1.81 bits per heavy atom. The van der Waals surface area contributed by atoms with Gasteiger partial charge in [0.25, 0.3) is 10.0 Å². The molecule has 2 aromatic rings. The molecule has 0 radical (unpaired) electrons. The van der Waals surface area contributed by atoms with Crippen LogP contribution in [-0.2, 0) is 14.8 Å². The van der Waals surface area contributed by atoms with Gasteiger partial charge in [0.05, 0.1) is 18.4 Å². The topological polar surface area (TPSA) is 146 Å². The standard InChI is InChI=1S/C19H24ClN3O5S.C2HF3O2/c1-4-6-9-23(5-2)18-15(10-13(12-21-18)19(24)25)22-29(26,27)17-11-14(20)7-8-16(17)28-3;3-2(4,5)1(6)7/h7-8,10-12,22H,4-6,9H2,1-3H3,(H,24,25);(H,6,7). The second-order valence-electron chi connectivity index (χ2n) is 7.04. The molecule has 0 atom stereocenters. The number of carbonyl (C=O) groups is 2. The molecule has 1 aromatic heterocycles. The Hall–Kier alpha value is -3.26. The third-order valence-electron chi connectivity index (χ3n) is 4.48. The largest absolute Gasteiger partial charge is 0.495 e. The van der Waals surface area contributed by atoms with Gasteiger partial charge in [0.15, 0.2) is 5.82 Å². The zero-order chi connectivity index (χ0) is 27.7. The number of ether oxygens (including phenoxy) is 1. The van der Waals surface area contributed by atoms with Gasteiger partial charge in [-0.1, -0.05) is 24.9 Å². The van der Waals surface area contributed by atoms with E-state index in [2.05, 4.69) is 9.71 Å². The average molecular weight is 556 g/mol. The van der Waals surface area contributed by atoms with Gasteiger partial charge in [-0.3, -0.25) is 4.72 Å². The number of aliphatic carboxylic acids is 1. The van der Waals surface area contributed by atoms with E-state index in [1.165, 1.54) is 37.6 Å². The van der Waals surface area contributed by atoms with Gasteiger partial charge in [-0.25, -0.2) is 23.0 Å². The molecule has 0 saturated carbocycles. The van der Waals surface area contributed by atoms with Crippen molar-refractivity contribution in [3.63, 3.8) is 0 Å². The first-order valence-electron chi connectivity index (χ1n) is 10.3. The first-order chi connectivity index (χ1) is 16.7. The van der Waals surface area contributed by atoms with Crippen molar-refractivity contribution in [1.29, 1.82) is 0 Å². The van der Waals surface area contributed by atoms with E-state index in [4.69, 9.17) is 26.2 Å². The van der Waals surface area contributed by atoms with Crippen molar-refractivity contribution in [2.75, 3.05) is 29.8 Å². The smallest absolute Gasteiger partial charge is 0.490 e. The van der Waals surface area contributed by atoms with Gasteiger partial charge in [0.2, 0.25) is 0 Å². The summed E-state index contributed by atoms with van der Waals surface area (Å²) >= 11 is 5.96. The Morgan fingerprint density at radius 1 is 1.19 bits per heavy atom. The normalized spacial score (nSPS) is 11.2. The van der Waals surface area contributed by atoms with Crippen molar-refractivity contribution in [2.45, 2.75) is 37.8 Å². The highest BCUT2D eigenvalue weighted by Gasteiger charge is 2.38. The molecule has 0 aliphatic rings. The number of anilines is 2. The SMILES string of the molecule is CCCCN(CC)c1ncc(C(=O)O)cc1NS(=O)(=O)c1cc(Cl)ccc1OC.O=C(O)C(F)(F)F. The summed E-state index contributed by atoms with van der Waals surface area (Å²) in [6.07, 6.45) is -2.04. The molecule has 0 saturated heterocycles. The fraction of sp³-hybridized carbons (Fsp3) is 0.381. The lowest BCUT2D eigenvalue weighted by Gasteiger charge is -2.25. The molecule has 1 aromatic carbocycles. The van der Waals surface area contributed by atoms with Gasteiger partial charge in [-0.15, -0.1) is 0 Å². The zero-order valence-corrected chi connectivity index (χ0v) is 21.0. The molecular weight excluding hydrogens is 531 g/mol. The van der Waals surface area contributed by atoms with Gasteiger partial charge >= 0.3 is 18.1 Å². The van der Waals surface area contributed by atoms with E-state index in [-0.39, 0.29) is 26.9 Å². The highest BCUT2D eigenvalue weighted by molar-refractivity contribution is 7.92. The highest BCUT2D eigenvalue weighted by atomic mass is 35.5. The number of rotatable bonds is 10. The van der Waals surface area contributed by atoms with Crippen LogP contribution in [0.4, 0.5) is 24.7 Å². The maximum Gasteiger partial charge on any atom is 0.490 e. The van der Waals surface area contributed by atoms with Gasteiger partial charge in [0.1, 0.15) is 10.6 Å². The van der Waals surface area contributed by atoms with Gasteiger partial charge in [-0.05, 0) is 37.6 Å². The van der Waals surface area contributed by atoms with Gasteiger partial charge in [0, 0.05) is 24.3 Å². The predicted octanol–water partition coefficient (Wildman–Crippen LogP) is 4.50. The number of alkyl halides is 3. The summed E-state index contributed by atoms with van der Waals surface area (Å²) in [5.74, 6) is -3.49. The van der Waals surface area contributed by atoms with Crippen LogP contribution in [0, 0.1) is 0 Å². The van der Waals surface area contributed by atoms with Crippen LogP contribution in [0.25, 0.3) is 0 Å². The fourth-order valence-electron chi connectivity index (χ4n) is 2.72. The van der Waals surface area contributed by atoms with E-state index < -0.39 is 28.1 Å². The summed E-state index contributed by atoms with van der Waals surface area (Å²) in [4.78, 5) is 26.2. The quantitative estimate of drug-likeness (QED) is 0.385. The van der Waals surface area contributed by atoms with Crippen molar-refractivity contribution < 1.29 is 46.1 Å². The number of pyridine rings is 1. The molecule has 2 rings (SSSR count). The van der Waals surface area contributed by atoms with Crippen molar-refractivity contribution in [1.82, 2.24) is 4.98 Å². The minimum absolute atomic E-state index is 0.0740. The second kappa shape index (κ2) is 13.2. The number of halogens is 4. The summed E-state index contributed by atoms with van der Waals surface area (Å²) in [5, 5.41) is 16.7. The van der Waals surface area contributed by atoms with Crippen LogP contribution in [-0.4, -0.2) is 61.9 Å². The number of benzene rings is 1. The van der Waals surface area contributed by atoms with E-state index >= 15 is 0 Å². The van der Waals surface area contributed by atoms with E-state index in [1.54, 1.807) is 0 Å². The van der Waals surface area contributed by atoms with Crippen LogP contribution in [0.5, 0.6) is 5.75 Å². The Labute approximate surface area is 210 Å². The number of hydrogen-bond donors (Lipinski definition) is 3. The molecule has 0 unspecified atom stereocenters. The summed E-state index contributed by atoms with van der Waals surface area (Å²) in [6.45, 7) is 5.20. The highest BCUT2D eigenvalue weighted by Crippen LogP contribution is 2.32. The number of unbranched alkanes of at least 4 members (excludes halogenated alkanes) is 1. The summed E-state index contributed by atoms with van der Waals surface area (Å²) in [5.41, 5.74) is -0.0547. The van der Waals surface area contributed by atoms with E-state index in [9.17, 15) is 31.5 Å². The number of carboxylic acids is 2. The monoisotopic (exact) mass is 555 g/mol. The molecule has 1 heterocycles. The van der Waals surface area contributed by atoms with E-state index in [1.807, 2.05) is 18.7 Å². The number of hydrogen-bond acceptors (Lipinski definition) is 7. The Morgan fingerprint density at radius 3 is 2.28 bits per heavy atom. The maximum absolute atomic E-state index is 13.0. The van der Waals surface area contributed by atoms with Crippen LogP contribution in [0.3, 0.4) is 0 Å². The molecule has 0 aliphatic heterocycles. The Kier molecular flexibility index (Phi) is 11.2. The Balaban J connectivity index is 0.000000809. The first kappa shape index (κ1) is 30.8. The van der Waals surface area contributed by atoms with Gasteiger partial charge in [-0.2, -0.15) is 13.2 Å². The second-order valence-corrected chi connectivity index (χ2v) is 9.12. The van der Waals surface area contributed by atoms with Crippen LogP contribution in [0.15, 0.2) is 35.4 Å². The molecular formula is C21H25ClF3N3O7S. The zero-order valence-electron chi connectivity index (χ0n) is 19.5. The maximum atomic E-state index is 13.0. The van der Waals surface area contributed by atoms with Crippen LogP contribution in [0.1, 0.15) is 37.0 Å². The molecule has 10 nitrogen and oxygen atoms in total. The van der Waals surface area contributed by atoms with E-state index in [0.717, 1.165) is 12.8 Å². The Bertz CT molecular complexity index is 1180. The molecule has 0 fully saturated rings. The average Bonchev–Trinajstić information content (AvgIpc) is 2.79. The minimum atomic E-state index is -5.08. The molecule has 0 amide bonds. The number of nitrogens with zero attached hydrogens (tertiary/aromatic N) is 2. The lowest BCUT2D eigenvalue weighted by atomic mass is 10.2. The minimum Gasteiger partial charge on any atom is -0.495 e. The molecule has 0 bridgehead atoms.